The third kappa shape index (κ3) is 3.19. The van der Waals surface area contributed by atoms with Crippen molar-refractivity contribution in [1.82, 2.24) is 4.90 Å². The molecule has 1 heterocycles. The molecule has 0 radical (unpaired) electrons. The fourth-order valence-electron chi connectivity index (χ4n) is 3.18. The number of aliphatic hydroxyl groups is 1. The highest BCUT2D eigenvalue weighted by Gasteiger charge is 2.28. The third-order valence-corrected chi connectivity index (χ3v) is 4.13. The summed E-state index contributed by atoms with van der Waals surface area (Å²) < 4.78 is 5.21. The molecule has 0 amide bonds. The number of rotatable bonds is 4. The van der Waals surface area contributed by atoms with Gasteiger partial charge in [0.15, 0.2) is 0 Å². The SMILES string of the molecule is COCC1CCN(CC2CCCCC2O)C1. The zero-order valence-corrected chi connectivity index (χ0v) is 10.4. The number of aliphatic hydroxyl groups excluding tert-OH is 1. The van der Waals surface area contributed by atoms with Crippen molar-refractivity contribution in [2.24, 2.45) is 11.8 Å². The standard InChI is InChI=1S/C13H25NO2/c1-16-10-11-6-7-14(8-11)9-12-4-2-3-5-13(12)15/h11-13,15H,2-10H2,1H3. The molecule has 3 unspecified atom stereocenters. The Morgan fingerprint density at radius 2 is 2.06 bits per heavy atom. The number of ether oxygens (including phenoxy) is 1. The number of nitrogens with zero attached hydrogens (tertiary/aromatic N) is 1. The lowest BCUT2D eigenvalue weighted by molar-refractivity contribution is 0.0494. The molecule has 2 aliphatic rings. The molecule has 3 nitrogen and oxygen atoms in total. The summed E-state index contributed by atoms with van der Waals surface area (Å²) in [7, 11) is 1.79. The normalized spacial score (nSPS) is 36.8. The summed E-state index contributed by atoms with van der Waals surface area (Å²) in [5.74, 6) is 1.24. The van der Waals surface area contributed by atoms with E-state index < -0.39 is 0 Å². The Balaban J connectivity index is 1.73. The zero-order chi connectivity index (χ0) is 11.4. The first kappa shape index (κ1) is 12.3. The largest absolute Gasteiger partial charge is 0.393 e. The van der Waals surface area contributed by atoms with E-state index in [0.29, 0.717) is 11.8 Å². The highest BCUT2D eigenvalue weighted by Crippen LogP contribution is 2.27. The van der Waals surface area contributed by atoms with Crippen molar-refractivity contribution in [3.8, 4) is 0 Å². The average molecular weight is 227 g/mol. The highest BCUT2D eigenvalue weighted by atomic mass is 16.5. The molecule has 0 bridgehead atoms. The fraction of sp³-hybridized carbons (Fsp3) is 1.00. The number of likely N-dealkylation sites (tertiary alicyclic amines) is 1. The van der Waals surface area contributed by atoms with Gasteiger partial charge in [-0.25, -0.2) is 0 Å². The Bertz CT molecular complexity index is 210. The smallest absolute Gasteiger partial charge is 0.0580 e. The summed E-state index contributed by atoms with van der Waals surface area (Å²) in [4.78, 5) is 2.52. The molecule has 1 aliphatic carbocycles. The van der Waals surface area contributed by atoms with Crippen molar-refractivity contribution in [2.45, 2.75) is 38.2 Å². The third-order valence-electron chi connectivity index (χ3n) is 4.13. The van der Waals surface area contributed by atoms with Gasteiger partial charge in [0.2, 0.25) is 0 Å². The topological polar surface area (TPSA) is 32.7 Å². The Morgan fingerprint density at radius 1 is 1.25 bits per heavy atom. The minimum absolute atomic E-state index is 0.0461. The summed E-state index contributed by atoms with van der Waals surface area (Å²) in [6.07, 6.45) is 5.96. The zero-order valence-electron chi connectivity index (χ0n) is 10.4. The van der Waals surface area contributed by atoms with Crippen LogP contribution in [0.25, 0.3) is 0 Å². The molecule has 3 atom stereocenters. The van der Waals surface area contributed by atoms with E-state index in [9.17, 15) is 5.11 Å². The van der Waals surface area contributed by atoms with Crippen LogP contribution >= 0.6 is 0 Å². The van der Waals surface area contributed by atoms with Gasteiger partial charge >= 0.3 is 0 Å². The van der Waals surface area contributed by atoms with Gasteiger partial charge in [-0.05, 0) is 37.6 Å². The second kappa shape index (κ2) is 5.99. The molecule has 1 aliphatic heterocycles. The van der Waals surface area contributed by atoms with E-state index >= 15 is 0 Å². The van der Waals surface area contributed by atoms with Crippen LogP contribution in [-0.2, 0) is 4.74 Å². The molecule has 2 fully saturated rings. The van der Waals surface area contributed by atoms with Gasteiger partial charge in [0.1, 0.15) is 0 Å². The molecular weight excluding hydrogens is 202 g/mol. The molecule has 1 saturated heterocycles. The first-order valence-electron chi connectivity index (χ1n) is 6.69. The van der Waals surface area contributed by atoms with Crippen molar-refractivity contribution in [3.05, 3.63) is 0 Å². The lowest BCUT2D eigenvalue weighted by Crippen LogP contribution is -2.36. The Morgan fingerprint density at radius 3 is 2.81 bits per heavy atom. The van der Waals surface area contributed by atoms with Crippen LogP contribution in [0.1, 0.15) is 32.1 Å². The molecule has 0 aromatic carbocycles. The summed E-state index contributed by atoms with van der Waals surface area (Å²) in [6.45, 7) is 4.35. The average Bonchev–Trinajstić information content (AvgIpc) is 2.70. The van der Waals surface area contributed by atoms with Crippen molar-refractivity contribution < 1.29 is 9.84 Å². The van der Waals surface area contributed by atoms with Crippen LogP contribution in [0.5, 0.6) is 0 Å². The molecule has 0 aromatic rings. The van der Waals surface area contributed by atoms with Gasteiger partial charge in [0.05, 0.1) is 12.7 Å². The Hall–Kier alpha value is -0.120. The van der Waals surface area contributed by atoms with E-state index in [0.717, 1.165) is 26.1 Å². The number of hydrogen-bond acceptors (Lipinski definition) is 3. The van der Waals surface area contributed by atoms with Crippen LogP contribution in [0.15, 0.2) is 0 Å². The first-order valence-corrected chi connectivity index (χ1v) is 6.69. The van der Waals surface area contributed by atoms with Gasteiger partial charge < -0.3 is 14.7 Å². The number of hydrogen-bond donors (Lipinski definition) is 1. The van der Waals surface area contributed by atoms with Crippen LogP contribution in [0, 0.1) is 11.8 Å². The first-order chi connectivity index (χ1) is 7.79. The van der Waals surface area contributed by atoms with Crippen LogP contribution < -0.4 is 0 Å². The van der Waals surface area contributed by atoms with Crippen LogP contribution in [-0.4, -0.2) is 49.5 Å². The molecule has 2 rings (SSSR count). The Kier molecular flexibility index (Phi) is 4.62. The summed E-state index contributed by atoms with van der Waals surface area (Å²) >= 11 is 0. The van der Waals surface area contributed by atoms with Gasteiger partial charge in [-0.15, -0.1) is 0 Å². The van der Waals surface area contributed by atoms with E-state index in [2.05, 4.69) is 4.90 Å². The lowest BCUT2D eigenvalue weighted by atomic mass is 9.86. The number of methoxy groups -OCH3 is 1. The Labute approximate surface area is 98.8 Å². The molecule has 1 N–H and O–H groups in total. The van der Waals surface area contributed by atoms with Crippen molar-refractivity contribution in [3.63, 3.8) is 0 Å². The van der Waals surface area contributed by atoms with Crippen LogP contribution in [0.3, 0.4) is 0 Å². The predicted molar refractivity (Wildman–Crippen MR) is 64.4 cm³/mol. The summed E-state index contributed by atoms with van der Waals surface area (Å²) in [5, 5.41) is 9.95. The summed E-state index contributed by atoms with van der Waals surface area (Å²) in [5.41, 5.74) is 0. The van der Waals surface area contributed by atoms with Gasteiger partial charge in [-0.3, -0.25) is 0 Å². The highest BCUT2D eigenvalue weighted by molar-refractivity contribution is 4.82. The van der Waals surface area contributed by atoms with Crippen molar-refractivity contribution in [1.29, 1.82) is 0 Å². The van der Waals surface area contributed by atoms with Gasteiger partial charge in [0.25, 0.3) is 0 Å². The molecule has 1 saturated carbocycles. The lowest BCUT2D eigenvalue weighted by Gasteiger charge is -2.31. The van der Waals surface area contributed by atoms with E-state index in [1.165, 1.54) is 32.2 Å². The summed E-state index contributed by atoms with van der Waals surface area (Å²) in [6, 6.07) is 0. The minimum Gasteiger partial charge on any atom is -0.393 e. The van der Waals surface area contributed by atoms with Gasteiger partial charge in [-0.1, -0.05) is 12.8 Å². The van der Waals surface area contributed by atoms with E-state index in [1.54, 1.807) is 7.11 Å². The molecular formula is C13H25NO2. The predicted octanol–water partition coefficient (Wildman–Crippen LogP) is 1.51. The maximum absolute atomic E-state index is 9.95. The van der Waals surface area contributed by atoms with Crippen molar-refractivity contribution in [2.75, 3.05) is 33.4 Å². The second-order valence-corrected chi connectivity index (χ2v) is 5.48. The van der Waals surface area contributed by atoms with Gasteiger partial charge in [-0.2, -0.15) is 0 Å². The minimum atomic E-state index is -0.0461. The molecule has 94 valence electrons. The van der Waals surface area contributed by atoms with E-state index in [4.69, 9.17) is 4.74 Å². The molecule has 16 heavy (non-hydrogen) atoms. The molecule has 0 spiro atoms. The monoisotopic (exact) mass is 227 g/mol. The maximum Gasteiger partial charge on any atom is 0.0580 e. The molecule has 3 heteroatoms. The quantitative estimate of drug-likeness (QED) is 0.790. The van der Waals surface area contributed by atoms with Crippen LogP contribution in [0.2, 0.25) is 0 Å². The van der Waals surface area contributed by atoms with Crippen LogP contribution in [0.4, 0.5) is 0 Å². The fourth-order valence-corrected chi connectivity index (χ4v) is 3.18. The maximum atomic E-state index is 9.95. The van der Waals surface area contributed by atoms with Crippen molar-refractivity contribution >= 4 is 0 Å². The van der Waals surface area contributed by atoms with E-state index in [-0.39, 0.29) is 6.10 Å². The molecule has 0 aromatic heterocycles. The van der Waals surface area contributed by atoms with Gasteiger partial charge in [0, 0.05) is 20.2 Å². The van der Waals surface area contributed by atoms with E-state index in [1.807, 2.05) is 0 Å². The second-order valence-electron chi connectivity index (χ2n) is 5.48.